The summed E-state index contributed by atoms with van der Waals surface area (Å²) in [6.45, 7) is 3.02. The molecule has 1 saturated heterocycles. The molecule has 0 aliphatic carbocycles. The summed E-state index contributed by atoms with van der Waals surface area (Å²) in [5.41, 5.74) is 5.64. The lowest BCUT2D eigenvalue weighted by Gasteiger charge is -2.33. The first kappa shape index (κ1) is 14.5. The minimum atomic E-state index is -0.190. The van der Waals surface area contributed by atoms with E-state index in [0.29, 0.717) is 0 Å². The lowest BCUT2D eigenvalue weighted by atomic mass is 10.1. The van der Waals surface area contributed by atoms with Crippen molar-refractivity contribution in [1.29, 1.82) is 0 Å². The maximum absolute atomic E-state index is 13.6. The number of aromatic amines is 1. The zero-order valence-electron chi connectivity index (χ0n) is 14.0. The van der Waals surface area contributed by atoms with Gasteiger partial charge in [-0.25, -0.2) is 4.39 Å². The van der Waals surface area contributed by atoms with Gasteiger partial charge < -0.3 is 9.80 Å². The zero-order valence-corrected chi connectivity index (χ0v) is 14.0. The summed E-state index contributed by atoms with van der Waals surface area (Å²) in [7, 11) is 0. The molecule has 0 amide bonds. The maximum Gasteiger partial charge on any atom is 0.132 e. The molecular formula is C20H19FN4. The number of rotatable bonds is 2. The number of nitrogens with one attached hydrogen (secondary N) is 1. The minimum Gasteiger partial charge on any atom is -0.349 e. The van der Waals surface area contributed by atoms with Gasteiger partial charge in [-0.3, -0.25) is 5.10 Å². The van der Waals surface area contributed by atoms with Crippen LogP contribution in [0.25, 0.3) is 10.9 Å². The number of halogens is 1. The molecule has 1 atom stereocenters. The molecule has 1 fully saturated rings. The first-order valence-electron chi connectivity index (χ1n) is 8.65. The third-order valence-electron chi connectivity index (χ3n) is 5.25. The van der Waals surface area contributed by atoms with E-state index in [1.165, 1.54) is 17.7 Å². The Morgan fingerprint density at radius 1 is 1.20 bits per heavy atom. The Morgan fingerprint density at radius 3 is 3.00 bits per heavy atom. The second kappa shape index (κ2) is 5.34. The Labute approximate surface area is 145 Å². The van der Waals surface area contributed by atoms with E-state index in [4.69, 9.17) is 0 Å². The van der Waals surface area contributed by atoms with E-state index in [1.807, 2.05) is 19.2 Å². The summed E-state index contributed by atoms with van der Waals surface area (Å²) in [4.78, 5) is 4.74. The highest BCUT2D eigenvalue weighted by Gasteiger charge is 2.37. The van der Waals surface area contributed by atoms with Gasteiger partial charge in [-0.05, 0) is 61.2 Å². The third-order valence-corrected chi connectivity index (χ3v) is 5.25. The summed E-state index contributed by atoms with van der Waals surface area (Å²) >= 11 is 0. The Bertz CT molecular complexity index is 990. The topological polar surface area (TPSA) is 35.2 Å². The number of H-pyrrole nitrogens is 1. The van der Waals surface area contributed by atoms with Crippen molar-refractivity contribution < 1.29 is 4.39 Å². The van der Waals surface area contributed by atoms with Gasteiger partial charge in [0.1, 0.15) is 12.0 Å². The van der Waals surface area contributed by atoms with Crippen LogP contribution in [-0.4, -0.2) is 21.6 Å². The quantitative estimate of drug-likeness (QED) is 0.751. The molecule has 1 unspecified atom stereocenters. The Morgan fingerprint density at radius 2 is 2.12 bits per heavy atom. The molecule has 2 aliphatic rings. The second-order valence-corrected chi connectivity index (χ2v) is 6.85. The standard InChI is InChI=1S/C20H19FN4/c1-13-9-16(21)5-7-19(13)25-12-17-3-2-8-24(17)20(25)14-4-6-18-15(10-14)11-22-23-18/h4-7,9-12,20H,2-3,8H2,1H3,(H,22,23). The van der Waals surface area contributed by atoms with Crippen molar-refractivity contribution >= 4 is 16.6 Å². The molecule has 5 heteroatoms. The van der Waals surface area contributed by atoms with Gasteiger partial charge in [0.15, 0.2) is 0 Å². The van der Waals surface area contributed by atoms with Crippen LogP contribution in [-0.2, 0) is 0 Å². The van der Waals surface area contributed by atoms with Gasteiger partial charge in [0.25, 0.3) is 0 Å². The van der Waals surface area contributed by atoms with Crippen molar-refractivity contribution in [2.45, 2.75) is 25.9 Å². The highest BCUT2D eigenvalue weighted by atomic mass is 19.1. The van der Waals surface area contributed by atoms with Crippen molar-refractivity contribution in [2.75, 3.05) is 11.4 Å². The van der Waals surface area contributed by atoms with Crippen LogP contribution in [0.15, 0.2) is 54.5 Å². The lowest BCUT2D eigenvalue weighted by Crippen LogP contribution is -2.31. The number of nitrogens with zero attached hydrogens (tertiary/aromatic N) is 3. The average molecular weight is 334 g/mol. The fraction of sp³-hybridized carbons (Fsp3) is 0.250. The Balaban J connectivity index is 1.63. The van der Waals surface area contributed by atoms with Crippen molar-refractivity contribution in [2.24, 2.45) is 0 Å². The van der Waals surface area contributed by atoms with Crippen LogP contribution in [0.5, 0.6) is 0 Å². The van der Waals surface area contributed by atoms with Crippen LogP contribution < -0.4 is 4.90 Å². The molecule has 126 valence electrons. The molecule has 5 rings (SSSR count). The average Bonchev–Trinajstić information content (AvgIpc) is 3.29. The molecule has 2 aliphatic heterocycles. The smallest absolute Gasteiger partial charge is 0.132 e. The van der Waals surface area contributed by atoms with E-state index >= 15 is 0 Å². The first-order chi connectivity index (χ1) is 12.2. The number of hydrogen-bond acceptors (Lipinski definition) is 3. The zero-order chi connectivity index (χ0) is 17.0. The molecule has 4 nitrogen and oxygen atoms in total. The van der Waals surface area contributed by atoms with E-state index in [0.717, 1.165) is 35.1 Å². The lowest BCUT2D eigenvalue weighted by molar-refractivity contribution is 0.319. The van der Waals surface area contributed by atoms with E-state index in [9.17, 15) is 4.39 Å². The van der Waals surface area contributed by atoms with E-state index in [2.05, 4.69) is 44.4 Å². The molecule has 0 spiro atoms. The van der Waals surface area contributed by atoms with Crippen molar-refractivity contribution in [3.8, 4) is 0 Å². The van der Waals surface area contributed by atoms with Gasteiger partial charge in [-0.1, -0.05) is 6.07 Å². The number of aryl methyl sites for hydroxylation is 1. The predicted octanol–water partition coefficient (Wildman–Crippen LogP) is 4.47. The normalized spacial score (nSPS) is 19.6. The summed E-state index contributed by atoms with van der Waals surface area (Å²) in [6, 6.07) is 11.5. The largest absolute Gasteiger partial charge is 0.349 e. The first-order valence-corrected chi connectivity index (χ1v) is 8.65. The summed E-state index contributed by atoms with van der Waals surface area (Å²) in [5.74, 6) is -0.190. The molecule has 0 bridgehead atoms. The fourth-order valence-corrected chi connectivity index (χ4v) is 4.09. The monoisotopic (exact) mass is 334 g/mol. The Kier molecular flexibility index (Phi) is 3.10. The number of benzene rings is 2. The molecule has 25 heavy (non-hydrogen) atoms. The van der Waals surface area contributed by atoms with Crippen LogP contribution in [0.2, 0.25) is 0 Å². The Hall–Kier alpha value is -2.82. The number of fused-ring (bicyclic) bond motifs is 2. The van der Waals surface area contributed by atoms with Crippen LogP contribution in [0.1, 0.15) is 30.1 Å². The maximum atomic E-state index is 13.6. The predicted molar refractivity (Wildman–Crippen MR) is 96.5 cm³/mol. The number of aromatic nitrogens is 2. The van der Waals surface area contributed by atoms with Crippen LogP contribution in [0.3, 0.4) is 0 Å². The molecule has 1 aromatic heterocycles. The molecule has 1 N–H and O–H groups in total. The minimum absolute atomic E-state index is 0.112. The molecule has 3 aromatic rings. The van der Waals surface area contributed by atoms with Gasteiger partial charge in [0.2, 0.25) is 0 Å². The second-order valence-electron chi connectivity index (χ2n) is 6.85. The van der Waals surface area contributed by atoms with Crippen LogP contribution in [0.4, 0.5) is 10.1 Å². The highest BCUT2D eigenvalue weighted by molar-refractivity contribution is 5.79. The molecule has 2 aromatic carbocycles. The van der Waals surface area contributed by atoms with E-state index < -0.39 is 0 Å². The molecule has 0 radical (unpaired) electrons. The van der Waals surface area contributed by atoms with Crippen LogP contribution >= 0.6 is 0 Å². The summed E-state index contributed by atoms with van der Waals surface area (Å²) in [5, 5.41) is 8.25. The number of anilines is 1. The number of allylic oxidation sites excluding steroid dienone is 1. The van der Waals surface area contributed by atoms with E-state index in [1.54, 1.807) is 12.1 Å². The highest BCUT2D eigenvalue weighted by Crippen LogP contribution is 2.44. The van der Waals surface area contributed by atoms with Gasteiger partial charge in [-0.15, -0.1) is 0 Å². The molecule has 3 heterocycles. The van der Waals surface area contributed by atoms with Crippen molar-refractivity contribution in [1.82, 2.24) is 15.1 Å². The van der Waals surface area contributed by atoms with Gasteiger partial charge in [-0.2, -0.15) is 5.10 Å². The van der Waals surface area contributed by atoms with Crippen molar-refractivity contribution in [3.63, 3.8) is 0 Å². The van der Waals surface area contributed by atoms with E-state index in [-0.39, 0.29) is 12.0 Å². The summed E-state index contributed by atoms with van der Waals surface area (Å²) in [6.07, 6.45) is 6.49. The van der Waals surface area contributed by atoms with Crippen molar-refractivity contribution in [3.05, 3.63) is 71.4 Å². The number of hydrogen-bond donors (Lipinski definition) is 1. The third kappa shape index (κ3) is 2.22. The molecule has 0 saturated carbocycles. The van der Waals surface area contributed by atoms with Gasteiger partial charge in [0, 0.05) is 29.5 Å². The molecular weight excluding hydrogens is 315 g/mol. The summed E-state index contributed by atoms with van der Waals surface area (Å²) < 4.78 is 13.6. The van der Waals surface area contributed by atoms with Gasteiger partial charge in [0.05, 0.1) is 11.7 Å². The van der Waals surface area contributed by atoms with Crippen LogP contribution in [0, 0.1) is 12.7 Å². The van der Waals surface area contributed by atoms with Gasteiger partial charge >= 0.3 is 0 Å². The fourth-order valence-electron chi connectivity index (χ4n) is 4.09. The SMILES string of the molecule is Cc1cc(F)ccc1N1C=C2CCCN2C1c1ccc2[nH]ncc2c1.